The number of unbranched alkanes of at least 4 members (excludes halogenated alkanes) is 1. The SMILES string of the molecule is C=C(CBr)C(=O)OC(C)CCCCC(=O)C[C@H](C(=O)N[C@@H](CCCNC(N)=O)C(=O)Cc1ccc(NC(=O)O[C@H]2CC(=O)N(C)c3cc(cc(C)c3Cl)C/C(C)=C/C=C/[C@@H](OC)[C@]3(O)CC(=O)O[C@@H](C3)[C@@H](C)[C@@H]3O[C@@]23C)c(C)c1)C(C)C. The number of aliphatic hydroxyl groups is 1. The lowest BCUT2D eigenvalue weighted by atomic mass is 9.78. The van der Waals surface area contributed by atoms with E-state index in [0.717, 1.165) is 16.7 Å². The third kappa shape index (κ3) is 18.5. The molecular formula is C61H83BrClN5O14. The van der Waals surface area contributed by atoms with Crippen molar-refractivity contribution in [2.75, 3.05) is 36.2 Å². The van der Waals surface area contributed by atoms with Gasteiger partial charge in [0.2, 0.25) is 11.8 Å². The predicted molar refractivity (Wildman–Crippen MR) is 316 cm³/mol. The van der Waals surface area contributed by atoms with Gasteiger partial charge < -0.3 is 50.1 Å². The van der Waals surface area contributed by atoms with E-state index < -0.39 is 89.4 Å². The molecule has 3 aliphatic heterocycles. The Morgan fingerprint density at radius 3 is 2.40 bits per heavy atom. The number of amides is 5. The minimum atomic E-state index is -1.62. The van der Waals surface area contributed by atoms with E-state index in [4.69, 9.17) is 41.0 Å². The predicted octanol–water partition coefficient (Wildman–Crippen LogP) is 8.95. The van der Waals surface area contributed by atoms with Gasteiger partial charge in [-0.25, -0.2) is 14.4 Å². The molecule has 82 heavy (non-hydrogen) atoms. The van der Waals surface area contributed by atoms with Gasteiger partial charge in [0, 0.05) is 74.8 Å². The first-order chi connectivity index (χ1) is 38.6. The van der Waals surface area contributed by atoms with Gasteiger partial charge in [0.25, 0.3) is 0 Å². The largest absolute Gasteiger partial charge is 0.462 e. The molecule has 2 aromatic rings. The van der Waals surface area contributed by atoms with Crippen molar-refractivity contribution in [3.63, 3.8) is 0 Å². The Bertz CT molecular complexity index is 2770. The lowest BCUT2D eigenvalue weighted by Crippen LogP contribution is -2.53. The van der Waals surface area contributed by atoms with Crippen LogP contribution in [0.1, 0.15) is 128 Å². The number of urea groups is 1. The molecule has 6 N–H and O–H groups in total. The number of ketones is 2. The summed E-state index contributed by atoms with van der Waals surface area (Å²) in [4.78, 5) is 108. The Balaban J connectivity index is 1.31. The first-order valence-corrected chi connectivity index (χ1v) is 29.5. The number of fused-ring (bicyclic) bond motifs is 5. The second kappa shape index (κ2) is 30.1. The van der Waals surface area contributed by atoms with E-state index in [1.807, 2.05) is 52.8 Å². The number of epoxide rings is 1. The molecule has 10 atom stereocenters. The van der Waals surface area contributed by atoms with Crippen LogP contribution in [0.2, 0.25) is 5.02 Å². The lowest BCUT2D eigenvalue weighted by molar-refractivity contribution is -0.187. The second-order valence-corrected chi connectivity index (χ2v) is 23.8. The van der Waals surface area contributed by atoms with Gasteiger partial charge in [-0.1, -0.05) is 96.9 Å². The van der Waals surface area contributed by atoms with E-state index in [2.05, 4.69) is 38.5 Å². The Labute approximate surface area is 495 Å². The lowest BCUT2D eigenvalue weighted by Gasteiger charge is -2.41. The molecule has 19 nitrogen and oxygen atoms in total. The number of benzene rings is 2. The first kappa shape index (κ1) is 66.9. The highest BCUT2D eigenvalue weighted by Crippen LogP contribution is 2.50. The van der Waals surface area contributed by atoms with E-state index in [-0.39, 0.29) is 75.1 Å². The standard InChI is InChI=1S/C61H83BrClN5O14/c1-34(2)44(29-43(69)18-13-12-17-39(7)79-57(74)38(6)33-62)56(73)66-46(19-15-23-65-58(64)75)48(70)28-41-21-22-45(36(4)25-41)67-59(76)81-51-30-52(71)68(10)47-27-42(26-37(5)54(47)63)24-35(3)16-14-20-50(78-11)61(77)31-49(80-53(72)32-61)40(8)55-60(51,9)82-55/h14,16,20-22,25-27,34,39-40,44,46,49-51,55,77H,6,12-13,15,17-19,23-24,28-33H2,1-5,7-11H3,(H,66,73)(H,67,76)(H3,64,65,75)/b20-14+,35-16+/t39?,40-,44+,46+,49+,50-,51+,55+,60+,61-/m1/s1. The van der Waals surface area contributed by atoms with Gasteiger partial charge in [-0.3, -0.25) is 29.3 Å². The smallest absolute Gasteiger partial charge is 0.412 e. The van der Waals surface area contributed by atoms with Crippen molar-refractivity contribution in [1.82, 2.24) is 10.6 Å². The van der Waals surface area contributed by atoms with E-state index >= 15 is 0 Å². The molecule has 4 bridgehead atoms. The van der Waals surface area contributed by atoms with E-state index in [1.165, 1.54) is 12.0 Å². The van der Waals surface area contributed by atoms with Crippen LogP contribution in [0, 0.1) is 31.6 Å². The number of aryl methyl sites for hydroxylation is 2. The molecule has 3 aliphatic rings. The van der Waals surface area contributed by atoms with Gasteiger partial charge in [0.15, 0.2) is 5.78 Å². The molecule has 0 aromatic heterocycles. The molecule has 5 rings (SSSR count). The van der Waals surface area contributed by atoms with Crippen LogP contribution < -0.4 is 26.6 Å². The molecule has 450 valence electrons. The minimum Gasteiger partial charge on any atom is -0.462 e. The number of carbonyl (C=O) groups excluding carboxylic acids is 8. The molecule has 3 heterocycles. The number of esters is 2. The average Bonchev–Trinajstić information content (AvgIpc) is 4.15. The zero-order chi connectivity index (χ0) is 60.8. The maximum Gasteiger partial charge on any atom is 0.412 e. The van der Waals surface area contributed by atoms with Crippen molar-refractivity contribution < 1.29 is 67.1 Å². The zero-order valence-corrected chi connectivity index (χ0v) is 51.3. The van der Waals surface area contributed by atoms with Crippen LogP contribution in [-0.4, -0.2) is 126 Å². The van der Waals surface area contributed by atoms with Crippen LogP contribution in [0.4, 0.5) is 21.0 Å². The number of rotatable bonds is 23. The number of halogens is 2. The number of ether oxygens (including phenoxy) is 5. The zero-order valence-electron chi connectivity index (χ0n) is 49.0. The number of hydrogen-bond acceptors (Lipinski definition) is 14. The first-order valence-electron chi connectivity index (χ1n) is 28.0. The molecule has 21 heteroatoms. The van der Waals surface area contributed by atoms with Crippen LogP contribution in [-0.2, 0) is 65.3 Å². The second-order valence-electron chi connectivity index (χ2n) is 22.8. The van der Waals surface area contributed by atoms with Crippen LogP contribution in [0.3, 0.4) is 0 Å². The number of alkyl halides is 1. The van der Waals surface area contributed by atoms with Gasteiger partial charge in [-0.2, -0.15) is 0 Å². The molecule has 0 spiro atoms. The summed E-state index contributed by atoms with van der Waals surface area (Å²) in [7, 11) is 3.06. The topological polar surface area (TPSA) is 272 Å². The Kier molecular flexibility index (Phi) is 24.5. The number of allylic oxidation sites excluding steroid dienone is 3. The number of Topliss-reactive ketones (excluding diaryl/α,β-unsaturated/α-hetero) is 2. The number of methoxy groups -OCH3 is 1. The summed E-state index contributed by atoms with van der Waals surface area (Å²) in [6, 6.07) is 7.05. The molecule has 2 aromatic carbocycles. The highest BCUT2D eigenvalue weighted by molar-refractivity contribution is 9.09. The van der Waals surface area contributed by atoms with Gasteiger partial charge in [-0.15, -0.1) is 0 Å². The molecule has 2 fully saturated rings. The van der Waals surface area contributed by atoms with Crippen LogP contribution in [0.5, 0.6) is 0 Å². The Morgan fingerprint density at radius 2 is 1.74 bits per heavy atom. The molecule has 0 radical (unpaired) electrons. The number of nitrogens with two attached hydrogens (primary N) is 1. The van der Waals surface area contributed by atoms with Crippen LogP contribution >= 0.6 is 27.5 Å². The van der Waals surface area contributed by atoms with Gasteiger partial charge in [0.1, 0.15) is 35.3 Å². The summed E-state index contributed by atoms with van der Waals surface area (Å²) in [6.45, 7) is 18.3. The van der Waals surface area contributed by atoms with Gasteiger partial charge >= 0.3 is 24.1 Å². The normalized spacial score (nSPS) is 25.0. The summed E-state index contributed by atoms with van der Waals surface area (Å²) >= 11 is 10.1. The average molecular weight is 1230 g/mol. The molecule has 1 unspecified atom stereocenters. The number of anilines is 2. The summed E-state index contributed by atoms with van der Waals surface area (Å²) in [5.74, 6) is -3.93. The molecule has 0 saturated carbocycles. The van der Waals surface area contributed by atoms with E-state index in [1.54, 1.807) is 58.2 Å². The Hall–Kier alpha value is -5.93. The third-order valence-electron chi connectivity index (χ3n) is 15.7. The fraction of sp³-hybridized carbons (Fsp3) is 0.574. The minimum absolute atomic E-state index is 0.0187. The number of hydrogen-bond donors (Lipinski definition) is 5. The van der Waals surface area contributed by atoms with Crippen LogP contribution in [0.15, 0.2) is 66.3 Å². The maximum absolute atomic E-state index is 14.4. The maximum atomic E-state index is 14.4. The molecule has 2 saturated heterocycles. The highest BCUT2D eigenvalue weighted by atomic mass is 79.9. The van der Waals surface area contributed by atoms with E-state index in [9.17, 15) is 43.5 Å². The van der Waals surface area contributed by atoms with Crippen LogP contribution in [0.25, 0.3) is 0 Å². The van der Waals surface area contributed by atoms with Crippen molar-refractivity contribution in [2.24, 2.45) is 23.5 Å². The fourth-order valence-electron chi connectivity index (χ4n) is 10.7. The van der Waals surface area contributed by atoms with Crippen molar-refractivity contribution in [3.05, 3.63) is 93.6 Å². The molecule has 5 amide bonds. The van der Waals surface area contributed by atoms with Gasteiger partial charge in [-0.05, 0) is 113 Å². The van der Waals surface area contributed by atoms with Crippen molar-refractivity contribution in [2.45, 2.75) is 180 Å². The Morgan fingerprint density at radius 1 is 1.02 bits per heavy atom. The quantitative estimate of drug-likeness (QED) is 0.0174. The number of nitrogens with zero attached hydrogens (tertiary/aromatic N) is 1. The fourth-order valence-corrected chi connectivity index (χ4v) is 11.2. The van der Waals surface area contributed by atoms with Crippen molar-refractivity contribution >= 4 is 86.3 Å². The third-order valence-corrected chi connectivity index (χ3v) is 16.9. The van der Waals surface area contributed by atoms with E-state index in [0.29, 0.717) is 70.5 Å². The number of carbonyl (C=O) groups is 8. The van der Waals surface area contributed by atoms with Crippen molar-refractivity contribution in [1.29, 1.82) is 0 Å². The summed E-state index contributed by atoms with van der Waals surface area (Å²) < 4.78 is 29.5. The van der Waals surface area contributed by atoms with Gasteiger partial charge in [0.05, 0.1) is 41.8 Å². The summed E-state index contributed by atoms with van der Waals surface area (Å²) in [6.07, 6.45) is 2.69. The summed E-state index contributed by atoms with van der Waals surface area (Å²) in [5.41, 5.74) is 7.22. The van der Waals surface area contributed by atoms with Crippen molar-refractivity contribution in [3.8, 4) is 0 Å². The monoisotopic (exact) mass is 1220 g/mol. The molecular weight excluding hydrogens is 1140 g/mol. The molecule has 0 aliphatic carbocycles. The number of primary amides is 1. The number of nitrogens with one attached hydrogen (secondary N) is 3. The summed E-state index contributed by atoms with van der Waals surface area (Å²) in [5, 5.41) is 20.9. The highest BCUT2D eigenvalue weighted by Gasteiger charge is 2.64.